The van der Waals surface area contributed by atoms with Crippen LogP contribution in [-0.4, -0.2) is 43.6 Å². The Morgan fingerprint density at radius 3 is 2.91 bits per heavy atom. The summed E-state index contributed by atoms with van der Waals surface area (Å²) < 4.78 is 1.96. The number of carbonyl (C=O) groups excluding carboxylic acids is 1. The molecular formula is C17H23N5O. The highest BCUT2D eigenvalue weighted by Gasteiger charge is 2.24. The van der Waals surface area contributed by atoms with Gasteiger partial charge in [-0.1, -0.05) is 0 Å². The summed E-state index contributed by atoms with van der Waals surface area (Å²) in [5, 5.41) is 4.36. The molecule has 1 fully saturated rings. The molecule has 6 heteroatoms. The fraction of sp³-hybridized carbons (Fsp3) is 0.529. The number of rotatable bonds is 4. The molecule has 122 valence electrons. The van der Waals surface area contributed by atoms with E-state index >= 15 is 0 Å². The average molecular weight is 313 g/mol. The van der Waals surface area contributed by atoms with Gasteiger partial charge in [0.1, 0.15) is 5.69 Å². The highest BCUT2D eigenvalue weighted by atomic mass is 16.2. The molecule has 0 spiro atoms. The minimum Gasteiger partial charge on any atom is -0.343 e. The maximum Gasteiger partial charge on any atom is 0.219 e. The van der Waals surface area contributed by atoms with E-state index in [2.05, 4.69) is 23.9 Å². The normalized spacial score (nSPS) is 17.9. The maximum atomic E-state index is 11.4. The SMILES string of the molecule is CC(=O)N1CCC(Cc2cncc(-c3ccnn3C(C)C)n2)C1. The molecule has 0 saturated carbocycles. The van der Waals surface area contributed by atoms with Gasteiger partial charge in [-0.05, 0) is 38.7 Å². The first-order valence-corrected chi connectivity index (χ1v) is 8.15. The molecule has 0 aliphatic carbocycles. The Morgan fingerprint density at radius 2 is 2.22 bits per heavy atom. The van der Waals surface area contributed by atoms with Crippen molar-refractivity contribution in [2.75, 3.05) is 13.1 Å². The third-order valence-electron chi connectivity index (χ3n) is 4.34. The van der Waals surface area contributed by atoms with Crippen LogP contribution in [0.5, 0.6) is 0 Å². The van der Waals surface area contributed by atoms with Crippen LogP contribution in [0, 0.1) is 5.92 Å². The monoisotopic (exact) mass is 313 g/mol. The molecule has 2 aromatic rings. The summed E-state index contributed by atoms with van der Waals surface area (Å²) in [6, 6.07) is 2.25. The van der Waals surface area contributed by atoms with Crippen LogP contribution < -0.4 is 0 Å². The van der Waals surface area contributed by atoms with Crippen LogP contribution in [0.15, 0.2) is 24.7 Å². The molecule has 3 rings (SSSR count). The lowest BCUT2D eigenvalue weighted by Crippen LogP contribution is -2.26. The molecule has 0 aromatic carbocycles. The summed E-state index contributed by atoms with van der Waals surface area (Å²) in [5.74, 6) is 0.631. The first-order valence-electron chi connectivity index (χ1n) is 8.15. The zero-order chi connectivity index (χ0) is 16.4. The van der Waals surface area contributed by atoms with E-state index in [9.17, 15) is 4.79 Å². The Kier molecular flexibility index (Phi) is 4.41. The molecule has 0 bridgehead atoms. The van der Waals surface area contributed by atoms with Crippen molar-refractivity contribution in [3.05, 3.63) is 30.4 Å². The van der Waals surface area contributed by atoms with E-state index in [4.69, 9.17) is 4.98 Å². The molecule has 3 heterocycles. The summed E-state index contributed by atoms with van der Waals surface area (Å²) in [5.41, 5.74) is 2.83. The van der Waals surface area contributed by atoms with Gasteiger partial charge in [-0.15, -0.1) is 0 Å². The number of carbonyl (C=O) groups is 1. The first-order chi connectivity index (χ1) is 11.0. The van der Waals surface area contributed by atoms with E-state index < -0.39 is 0 Å². The molecule has 1 aliphatic rings. The lowest BCUT2D eigenvalue weighted by Gasteiger charge is -2.14. The number of amides is 1. The van der Waals surface area contributed by atoms with Crippen LogP contribution in [-0.2, 0) is 11.2 Å². The molecule has 6 nitrogen and oxygen atoms in total. The zero-order valence-electron chi connectivity index (χ0n) is 13.9. The third-order valence-corrected chi connectivity index (χ3v) is 4.34. The standard InChI is InChI=1S/C17H23N5O/c1-12(2)22-17(4-6-19-22)16-10-18-9-15(20-16)8-14-5-7-21(11-14)13(3)23/h4,6,9-10,12,14H,5,7-8,11H2,1-3H3. The lowest BCUT2D eigenvalue weighted by atomic mass is 10.0. The molecule has 1 aliphatic heterocycles. The van der Waals surface area contributed by atoms with Gasteiger partial charge in [0, 0.05) is 38.4 Å². The summed E-state index contributed by atoms with van der Waals surface area (Å²) in [4.78, 5) is 22.5. The third kappa shape index (κ3) is 3.41. The van der Waals surface area contributed by atoms with Crippen molar-refractivity contribution in [2.24, 2.45) is 5.92 Å². The Bertz CT molecular complexity index is 694. The Balaban J connectivity index is 1.76. The molecule has 1 amide bonds. The fourth-order valence-corrected chi connectivity index (χ4v) is 3.14. The maximum absolute atomic E-state index is 11.4. The van der Waals surface area contributed by atoms with E-state index in [1.807, 2.05) is 21.8 Å². The van der Waals surface area contributed by atoms with Crippen LogP contribution in [0.3, 0.4) is 0 Å². The van der Waals surface area contributed by atoms with Crippen molar-refractivity contribution in [1.82, 2.24) is 24.6 Å². The summed E-state index contributed by atoms with van der Waals surface area (Å²) >= 11 is 0. The van der Waals surface area contributed by atoms with Gasteiger partial charge in [0.25, 0.3) is 0 Å². The average Bonchev–Trinajstić information content (AvgIpc) is 3.16. The van der Waals surface area contributed by atoms with Gasteiger partial charge in [0.15, 0.2) is 0 Å². The molecule has 0 N–H and O–H groups in total. The van der Waals surface area contributed by atoms with E-state index in [0.29, 0.717) is 5.92 Å². The quantitative estimate of drug-likeness (QED) is 0.869. The lowest BCUT2D eigenvalue weighted by molar-refractivity contribution is -0.127. The second kappa shape index (κ2) is 6.48. The van der Waals surface area contributed by atoms with Gasteiger partial charge in [-0.3, -0.25) is 14.5 Å². The predicted molar refractivity (Wildman–Crippen MR) is 87.7 cm³/mol. The molecule has 0 radical (unpaired) electrons. The van der Waals surface area contributed by atoms with Crippen molar-refractivity contribution in [3.63, 3.8) is 0 Å². The Morgan fingerprint density at radius 1 is 1.39 bits per heavy atom. The predicted octanol–water partition coefficient (Wildman–Crippen LogP) is 2.33. The van der Waals surface area contributed by atoms with Crippen LogP contribution >= 0.6 is 0 Å². The Hall–Kier alpha value is -2.24. The van der Waals surface area contributed by atoms with Crippen LogP contribution in [0.2, 0.25) is 0 Å². The largest absolute Gasteiger partial charge is 0.343 e. The van der Waals surface area contributed by atoms with Crippen molar-refractivity contribution in [2.45, 2.75) is 39.7 Å². The van der Waals surface area contributed by atoms with Crippen molar-refractivity contribution in [1.29, 1.82) is 0 Å². The van der Waals surface area contributed by atoms with Crippen LogP contribution in [0.1, 0.15) is 38.9 Å². The molecule has 2 aromatic heterocycles. The van der Waals surface area contributed by atoms with E-state index in [1.165, 1.54) is 0 Å². The minimum absolute atomic E-state index is 0.160. The zero-order valence-corrected chi connectivity index (χ0v) is 13.9. The summed E-state index contributed by atoms with van der Waals surface area (Å²) in [6.45, 7) is 7.51. The van der Waals surface area contributed by atoms with Gasteiger partial charge in [0.05, 0.1) is 17.6 Å². The summed E-state index contributed by atoms with van der Waals surface area (Å²) in [7, 11) is 0. The Labute approximate surface area is 136 Å². The van der Waals surface area contributed by atoms with E-state index in [0.717, 1.165) is 43.0 Å². The number of aromatic nitrogens is 4. The van der Waals surface area contributed by atoms with Gasteiger partial charge < -0.3 is 4.90 Å². The molecular weight excluding hydrogens is 290 g/mol. The molecule has 1 atom stereocenters. The summed E-state index contributed by atoms with van der Waals surface area (Å²) in [6.07, 6.45) is 7.31. The van der Waals surface area contributed by atoms with E-state index in [-0.39, 0.29) is 11.9 Å². The molecule has 1 saturated heterocycles. The molecule has 1 unspecified atom stereocenters. The number of hydrogen-bond acceptors (Lipinski definition) is 4. The minimum atomic E-state index is 0.160. The van der Waals surface area contributed by atoms with Gasteiger partial charge in [-0.25, -0.2) is 4.98 Å². The number of likely N-dealkylation sites (tertiary alicyclic amines) is 1. The molecule has 23 heavy (non-hydrogen) atoms. The first kappa shape index (κ1) is 15.6. The van der Waals surface area contributed by atoms with Crippen molar-refractivity contribution in [3.8, 4) is 11.4 Å². The van der Waals surface area contributed by atoms with Crippen molar-refractivity contribution >= 4 is 5.91 Å². The van der Waals surface area contributed by atoms with Gasteiger partial charge in [0.2, 0.25) is 5.91 Å². The van der Waals surface area contributed by atoms with Crippen LogP contribution in [0.25, 0.3) is 11.4 Å². The second-order valence-corrected chi connectivity index (χ2v) is 6.47. The number of hydrogen-bond donors (Lipinski definition) is 0. The second-order valence-electron chi connectivity index (χ2n) is 6.47. The highest BCUT2D eigenvalue weighted by Crippen LogP contribution is 2.23. The highest BCUT2D eigenvalue weighted by molar-refractivity contribution is 5.73. The van der Waals surface area contributed by atoms with Gasteiger partial charge >= 0.3 is 0 Å². The fourth-order valence-electron chi connectivity index (χ4n) is 3.14. The number of nitrogens with zero attached hydrogens (tertiary/aromatic N) is 5. The van der Waals surface area contributed by atoms with Crippen LogP contribution in [0.4, 0.5) is 0 Å². The smallest absolute Gasteiger partial charge is 0.219 e. The van der Waals surface area contributed by atoms with E-state index in [1.54, 1.807) is 19.3 Å². The topological polar surface area (TPSA) is 63.9 Å². The van der Waals surface area contributed by atoms with Crippen molar-refractivity contribution < 1.29 is 4.79 Å². The van der Waals surface area contributed by atoms with Gasteiger partial charge in [-0.2, -0.15) is 5.10 Å².